The van der Waals surface area contributed by atoms with Crippen LogP contribution in [0.2, 0.25) is 0 Å². The summed E-state index contributed by atoms with van der Waals surface area (Å²) in [4.78, 5) is 12.5. The molecule has 0 fully saturated rings. The molecule has 0 heterocycles. The van der Waals surface area contributed by atoms with Crippen molar-refractivity contribution in [2.24, 2.45) is 0 Å². The van der Waals surface area contributed by atoms with Gasteiger partial charge in [0, 0.05) is 13.1 Å². The van der Waals surface area contributed by atoms with Gasteiger partial charge in [0.25, 0.3) is 0 Å². The fourth-order valence-corrected chi connectivity index (χ4v) is 1.66. The Morgan fingerprint density at radius 1 is 1.44 bits per heavy atom. The second-order valence-electron chi connectivity index (χ2n) is 3.99. The van der Waals surface area contributed by atoms with Crippen molar-refractivity contribution >= 4 is 17.6 Å². The van der Waals surface area contributed by atoms with Crippen LogP contribution >= 0.6 is 11.6 Å². The van der Waals surface area contributed by atoms with Crippen LogP contribution in [0, 0.1) is 6.92 Å². The van der Waals surface area contributed by atoms with E-state index < -0.39 is 11.3 Å². The Labute approximate surface area is 101 Å². The van der Waals surface area contributed by atoms with Crippen LogP contribution < -0.4 is 0 Å². The van der Waals surface area contributed by atoms with Crippen molar-refractivity contribution in [3.63, 3.8) is 0 Å². The number of carboxylic acids is 1. The summed E-state index contributed by atoms with van der Waals surface area (Å²) in [6.45, 7) is 3.08. The SMILES string of the molecule is Cc1ccc(CN(C)CC(Cl)C(=O)O)cc1. The molecule has 0 aliphatic heterocycles. The number of halogens is 1. The van der Waals surface area contributed by atoms with Crippen LogP contribution in [0.5, 0.6) is 0 Å². The summed E-state index contributed by atoms with van der Waals surface area (Å²) in [5.74, 6) is -0.975. The zero-order valence-electron chi connectivity index (χ0n) is 9.48. The maximum absolute atomic E-state index is 10.6. The predicted molar refractivity (Wildman–Crippen MR) is 64.8 cm³/mol. The number of carbonyl (C=O) groups is 1. The molecule has 88 valence electrons. The lowest BCUT2D eigenvalue weighted by molar-refractivity contribution is -0.136. The van der Waals surface area contributed by atoms with Crippen LogP contribution in [0.3, 0.4) is 0 Å². The van der Waals surface area contributed by atoms with E-state index in [1.807, 2.05) is 43.1 Å². The van der Waals surface area contributed by atoms with Crippen molar-refractivity contribution in [2.45, 2.75) is 18.8 Å². The van der Waals surface area contributed by atoms with Gasteiger partial charge in [0.2, 0.25) is 0 Å². The molecule has 1 unspecified atom stereocenters. The normalized spacial score (nSPS) is 12.8. The molecule has 0 bridgehead atoms. The van der Waals surface area contributed by atoms with Gasteiger partial charge >= 0.3 is 5.97 Å². The van der Waals surface area contributed by atoms with Gasteiger partial charge in [-0.05, 0) is 19.5 Å². The Bertz CT molecular complexity index is 351. The third-order valence-corrected chi connectivity index (χ3v) is 2.64. The van der Waals surface area contributed by atoms with Gasteiger partial charge in [0.05, 0.1) is 0 Å². The molecule has 1 aromatic rings. The second-order valence-corrected chi connectivity index (χ2v) is 4.51. The van der Waals surface area contributed by atoms with Crippen LogP contribution in [0.1, 0.15) is 11.1 Å². The zero-order chi connectivity index (χ0) is 12.1. The highest BCUT2D eigenvalue weighted by Gasteiger charge is 2.15. The van der Waals surface area contributed by atoms with Crippen molar-refractivity contribution in [2.75, 3.05) is 13.6 Å². The number of carboxylic acid groups (broad SMARTS) is 1. The van der Waals surface area contributed by atoms with Crippen LogP contribution in [0.4, 0.5) is 0 Å². The number of alkyl halides is 1. The molecule has 1 aromatic carbocycles. The van der Waals surface area contributed by atoms with E-state index in [1.165, 1.54) is 5.56 Å². The molecule has 1 rings (SSSR count). The number of hydrogen-bond donors (Lipinski definition) is 1. The Balaban J connectivity index is 2.48. The van der Waals surface area contributed by atoms with Crippen LogP contribution in [-0.4, -0.2) is 34.9 Å². The van der Waals surface area contributed by atoms with E-state index in [2.05, 4.69) is 0 Å². The largest absolute Gasteiger partial charge is 0.480 e. The molecule has 0 aromatic heterocycles. The van der Waals surface area contributed by atoms with Crippen LogP contribution in [0.25, 0.3) is 0 Å². The van der Waals surface area contributed by atoms with E-state index in [9.17, 15) is 4.79 Å². The Morgan fingerprint density at radius 3 is 2.50 bits per heavy atom. The summed E-state index contributed by atoms with van der Waals surface area (Å²) in [5.41, 5.74) is 2.37. The molecule has 1 N–H and O–H groups in total. The number of nitrogens with zero attached hydrogens (tertiary/aromatic N) is 1. The van der Waals surface area contributed by atoms with Gasteiger partial charge in [-0.25, -0.2) is 0 Å². The van der Waals surface area contributed by atoms with Gasteiger partial charge in [0.15, 0.2) is 0 Å². The number of hydrogen-bond acceptors (Lipinski definition) is 2. The first-order chi connectivity index (χ1) is 7.49. The van der Waals surface area contributed by atoms with E-state index in [0.29, 0.717) is 13.1 Å². The van der Waals surface area contributed by atoms with Gasteiger partial charge in [-0.15, -0.1) is 11.6 Å². The van der Waals surface area contributed by atoms with Gasteiger partial charge < -0.3 is 10.0 Å². The molecule has 3 nitrogen and oxygen atoms in total. The number of benzene rings is 1. The molecule has 0 radical (unpaired) electrons. The molecule has 0 spiro atoms. The second kappa shape index (κ2) is 5.87. The summed E-state index contributed by atoms with van der Waals surface area (Å²) in [6, 6.07) is 8.16. The average molecular weight is 242 g/mol. The third kappa shape index (κ3) is 4.21. The van der Waals surface area contributed by atoms with Crippen molar-refractivity contribution in [3.05, 3.63) is 35.4 Å². The summed E-state index contributed by atoms with van der Waals surface area (Å²) in [7, 11) is 1.86. The average Bonchev–Trinajstić information content (AvgIpc) is 2.21. The van der Waals surface area contributed by atoms with E-state index >= 15 is 0 Å². The monoisotopic (exact) mass is 241 g/mol. The highest BCUT2D eigenvalue weighted by atomic mass is 35.5. The van der Waals surface area contributed by atoms with E-state index in [1.54, 1.807) is 0 Å². The minimum absolute atomic E-state index is 0.338. The maximum Gasteiger partial charge on any atom is 0.322 e. The number of aliphatic carboxylic acids is 1. The topological polar surface area (TPSA) is 40.5 Å². The van der Waals surface area contributed by atoms with Gasteiger partial charge in [-0.2, -0.15) is 0 Å². The molecule has 0 aliphatic rings. The first-order valence-electron chi connectivity index (χ1n) is 5.10. The molecule has 0 amide bonds. The van der Waals surface area contributed by atoms with Crippen molar-refractivity contribution < 1.29 is 9.90 Å². The Hall–Kier alpha value is -1.06. The molecule has 4 heteroatoms. The summed E-state index contributed by atoms with van der Waals surface area (Å²) in [5, 5.41) is 7.82. The first kappa shape index (κ1) is 13.0. The minimum atomic E-state index is -0.975. The van der Waals surface area contributed by atoms with Crippen LogP contribution in [0.15, 0.2) is 24.3 Å². The van der Waals surface area contributed by atoms with Crippen molar-refractivity contribution in [1.82, 2.24) is 4.90 Å². The maximum atomic E-state index is 10.6. The van der Waals surface area contributed by atoms with Crippen LogP contribution in [-0.2, 0) is 11.3 Å². The fraction of sp³-hybridized carbons (Fsp3) is 0.417. The third-order valence-electron chi connectivity index (χ3n) is 2.31. The smallest absolute Gasteiger partial charge is 0.322 e. The zero-order valence-corrected chi connectivity index (χ0v) is 10.2. The lowest BCUT2D eigenvalue weighted by Crippen LogP contribution is -2.30. The molecule has 0 saturated heterocycles. The minimum Gasteiger partial charge on any atom is -0.480 e. The van der Waals surface area contributed by atoms with E-state index in [-0.39, 0.29) is 0 Å². The lowest BCUT2D eigenvalue weighted by atomic mass is 10.1. The Morgan fingerprint density at radius 2 is 2.00 bits per heavy atom. The molecule has 0 aliphatic carbocycles. The quantitative estimate of drug-likeness (QED) is 0.803. The fourth-order valence-electron chi connectivity index (χ4n) is 1.42. The van der Waals surface area contributed by atoms with E-state index in [4.69, 9.17) is 16.7 Å². The molecular formula is C12H16ClNO2. The first-order valence-corrected chi connectivity index (χ1v) is 5.53. The molecular weight excluding hydrogens is 226 g/mol. The number of rotatable bonds is 5. The lowest BCUT2D eigenvalue weighted by Gasteiger charge is -2.18. The van der Waals surface area contributed by atoms with Crippen molar-refractivity contribution in [1.29, 1.82) is 0 Å². The Kier molecular flexibility index (Phi) is 4.77. The van der Waals surface area contributed by atoms with E-state index in [0.717, 1.165) is 5.56 Å². The van der Waals surface area contributed by atoms with Gasteiger partial charge in [0.1, 0.15) is 5.38 Å². The summed E-state index contributed by atoms with van der Waals surface area (Å²) < 4.78 is 0. The number of aryl methyl sites for hydroxylation is 1. The summed E-state index contributed by atoms with van der Waals surface area (Å²) >= 11 is 5.66. The van der Waals surface area contributed by atoms with Crippen molar-refractivity contribution in [3.8, 4) is 0 Å². The van der Waals surface area contributed by atoms with Gasteiger partial charge in [-0.3, -0.25) is 4.79 Å². The highest BCUT2D eigenvalue weighted by Crippen LogP contribution is 2.07. The standard InChI is InChI=1S/C12H16ClNO2/c1-9-3-5-10(6-4-9)7-14(2)8-11(13)12(15)16/h3-6,11H,7-8H2,1-2H3,(H,15,16). The molecule has 0 saturated carbocycles. The highest BCUT2D eigenvalue weighted by molar-refractivity contribution is 6.29. The predicted octanol–water partition coefficient (Wildman–Crippen LogP) is 2.12. The molecule has 1 atom stereocenters. The summed E-state index contributed by atoms with van der Waals surface area (Å²) in [6.07, 6.45) is 0. The molecule has 16 heavy (non-hydrogen) atoms. The van der Waals surface area contributed by atoms with Gasteiger partial charge in [-0.1, -0.05) is 29.8 Å².